The van der Waals surface area contributed by atoms with E-state index >= 15 is 0 Å². The Morgan fingerprint density at radius 2 is 1.65 bits per heavy atom. The van der Waals surface area contributed by atoms with Crippen molar-refractivity contribution in [2.45, 2.75) is 11.8 Å². The summed E-state index contributed by atoms with van der Waals surface area (Å²) in [6.45, 7) is 4.20. The van der Waals surface area contributed by atoms with Crippen LogP contribution in [0.15, 0.2) is 47.4 Å². The number of likely N-dealkylation sites (N-methyl/N-ethyl adjacent to an activating group) is 1. The van der Waals surface area contributed by atoms with Crippen LogP contribution in [0.5, 0.6) is 11.5 Å². The Bertz CT molecular complexity index is 1020. The van der Waals surface area contributed by atoms with E-state index in [1.54, 1.807) is 47.4 Å². The summed E-state index contributed by atoms with van der Waals surface area (Å²) < 4.78 is 39.0. The molecule has 1 fully saturated rings. The summed E-state index contributed by atoms with van der Waals surface area (Å²) in [5, 5.41) is 0. The monoisotopic (exact) mass is 447 g/mol. The molecule has 1 aliphatic heterocycles. The van der Waals surface area contributed by atoms with E-state index in [0.29, 0.717) is 24.6 Å². The average Bonchev–Trinajstić information content (AvgIpc) is 2.77. The Balaban J connectivity index is 2.02. The lowest BCUT2D eigenvalue weighted by Crippen LogP contribution is -2.50. The molecule has 3 rings (SSSR count). The van der Waals surface area contributed by atoms with E-state index in [1.807, 2.05) is 14.0 Å². The van der Waals surface area contributed by atoms with Gasteiger partial charge in [0.25, 0.3) is 10.0 Å². The number of sulfonamides is 1. The Hall–Kier alpha value is -2.78. The van der Waals surface area contributed by atoms with Crippen LogP contribution in [0.25, 0.3) is 0 Å². The molecular weight excluding hydrogens is 418 g/mol. The smallest absolute Gasteiger partial charge is 0.264 e. The van der Waals surface area contributed by atoms with Gasteiger partial charge in [-0.25, -0.2) is 8.42 Å². The van der Waals surface area contributed by atoms with Gasteiger partial charge in [-0.1, -0.05) is 17.7 Å². The van der Waals surface area contributed by atoms with Gasteiger partial charge in [0.2, 0.25) is 5.91 Å². The second kappa shape index (κ2) is 9.57. The first-order valence-electron chi connectivity index (χ1n) is 10.0. The number of amides is 1. The molecule has 0 atom stereocenters. The molecule has 0 bridgehead atoms. The van der Waals surface area contributed by atoms with Crippen LogP contribution in [-0.2, 0) is 14.8 Å². The fraction of sp³-hybridized carbons (Fsp3) is 0.409. The van der Waals surface area contributed by atoms with Gasteiger partial charge >= 0.3 is 0 Å². The summed E-state index contributed by atoms with van der Waals surface area (Å²) in [6, 6.07) is 11.4. The fourth-order valence-corrected chi connectivity index (χ4v) is 4.83. The molecule has 0 spiro atoms. The zero-order valence-electron chi connectivity index (χ0n) is 18.4. The summed E-state index contributed by atoms with van der Waals surface area (Å²) in [5.41, 5.74) is 1.23. The number of aryl methyl sites for hydroxylation is 1. The number of nitrogens with zero attached hydrogens (tertiary/aromatic N) is 3. The topological polar surface area (TPSA) is 79.4 Å². The van der Waals surface area contributed by atoms with Crippen LogP contribution >= 0.6 is 0 Å². The van der Waals surface area contributed by atoms with Crippen molar-refractivity contribution in [3.05, 3.63) is 48.0 Å². The number of carbonyl (C=O) groups excluding carboxylic acids is 1. The largest absolute Gasteiger partial charge is 0.497 e. The second-order valence-electron chi connectivity index (χ2n) is 7.55. The van der Waals surface area contributed by atoms with Crippen molar-refractivity contribution in [2.24, 2.45) is 0 Å². The van der Waals surface area contributed by atoms with Crippen LogP contribution in [0.2, 0.25) is 0 Å². The molecule has 9 heteroatoms. The Morgan fingerprint density at radius 3 is 2.23 bits per heavy atom. The lowest BCUT2D eigenvalue weighted by atomic mass is 10.2. The molecule has 1 amide bonds. The molecule has 1 aliphatic rings. The van der Waals surface area contributed by atoms with Gasteiger partial charge in [-0.2, -0.15) is 0 Å². The normalized spacial score (nSPS) is 14.9. The van der Waals surface area contributed by atoms with Gasteiger partial charge in [0, 0.05) is 32.2 Å². The van der Waals surface area contributed by atoms with Gasteiger partial charge in [0.05, 0.1) is 24.8 Å². The minimum atomic E-state index is -4.01. The lowest BCUT2D eigenvalue weighted by Gasteiger charge is -2.34. The number of piperazine rings is 1. The zero-order valence-corrected chi connectivity index (χ0v) is 19.2. The molecule has 31 heavy (non-hydrogen) atoms. The van der Waals surface area contributed by atoms with E-state index in [4.69, 9.17) is 9.47 Å². The summed E-state index contributed by atoms with van der Waals surface area (Å²) >= 11 is 0. The molecule has 0 radical (unpaired) electrons. The molecular formula is C22H29N3O5S. The van der Waals surface area contributed by atoms with Gasteiger partial charge in [0.15, 0.2) is 0 Å². The third-order valence-corrected chi connectivity index (χ3v) is 7.17. The quantitative estimate of drug-likeness (QED) is 0.646. The van der Waals surface area contributed by atoms with E-state index in [1.165, 1.54) is 14.2 Å². The number of methoxy groups -OCH3 is 2. The summed E-state index contributed by atoms with van der Waals surface area (Å²) in [6.07, 6.45) is 0. The molecule has 168 valence electrons. The summed E-state index contributed by atoms with van der Waals surface area (Å²) in [5.74, 6) is 0.585. The van der Waals surface area contributed by atoms with Crippen molar-refractivity contribution in [2.75, 3.05) is 58.3 Å². The number of carbonyl (C=O) groups is 1. The van der Waals surface area contributed by atoms with Gasteiger partial charge in [0.1, 0.15) is 18.0 Å². The minimum Gasteiger partial charge on any atom is -0.497 e. The van der Waals surface area contributed by atoms with Crippen LogP contribution in [0.4, 0.5) is 5.69 Å². The number of ether oxygens (including phenoxy) is 2. The third-order valence-electron chi connectivity index (χ3n) is 5.40. The van der Waals surface area contributed by atoms with Gasteiger partial charge < -0.3 is 19.3 Å². The highest BCUT2D eigenvalue weighted by atomic mass is 32.2. The number of anilines is 1. The van der Waals surface area contributed by atoms with Crippen molar-refractivity contribution in [3.8, 4) is 11.5 Å². The zero-order chi connectivity index (χ0) is 22.6. The number of benzene rings is 2. The number of hydrogen-bond donors (Lipinski definition) is 0. The Kier molecular flexibility index (Phi) is 7.07. The van der Waals surface area contributed by atoms with Crippen molar-refractivity contribution >= 4 is 21.6 Å². The predicted molar refractivity (Wildman–Crippen MR) is 119 cm³/mol. The van der Waals surface area contributed by atoms with E-state index in [9.17, 15) is 13.2 Å². The van der Waals surface area contributed by atoms with Gasteiger partial charge in [-0.15, -0.1) is 0 Å². The second-order valence-corrected chi connectivity index (χ2v) is 9.41. The first-order valence-corrected chi connectivity index (χ1v) is 11.5. The van der Waals surface area contributed by atoms with Crippen LogP contribution < -0.4 is 13.8 Å². The summed E-state index contributed by atoms with van der Waals surface area (Å²) in [7, 11) is 0.961. The molecule has 0 unspecified atom stereocenters. The highest BCUT2D eigenvalue weighted by Gasteiger charge is 2.31. The summed E-state index contributed by atoms with van der Waals surface area (Å²) in [4.78, 5) is 17.0. The molecule has 0 saturated carbocycles. The third kappa shape index (κ3) is 5.11. The number of hydrogen-bond acceptors (Lipinski definition) is 6. The van der Waals surface area contributed by atoms with E-state index in [0.717, 1.165) is 23.0 Å². The Labute approximate surface area is 184 Å². The van der Waals surface area contributed by atoms with Crippen LogP contribution in [-0.4, -0.2) is 78.1 Å². The maximum atomic E-state index is 13.6. The molecule has 2 aromatic rings. The van der Waals surface area contributed by atoms with Crippen molar-refractivity contribution in [1.82, 2.24) is 9.80 Å². The van der Waals surface area contributed by atoms with Crippen LogP contribution in [0.1, 0.15) is 5.56 Å². The molecule has 2 aromatic carbocycles. The molecule has 1 saturated heterocycles. The fourth-order valence-electron chi connectivity index (χ4n) is 3.41. The van der Waals surface area contributed by atoms with Crippen molar-refractivity contribution in [3.63, 3.8) is 0 Å². The van der Waals surface area contributed by atoms with Crippen molar-refractivity contribution in [1.29, 1.82) is 0 Å². The van der Waals surface area contributed by atoms with E-state index < -0.39 is 10.0 Å². The Morgan fingerprint density at radius 1 is 1.00 bits per heavy atom. The predicted octanol–water partition coefficient (Wildman–Crippen LogP) is 1.98. The first-order chi connectivity index (χ1) is 14.8. The van der Waals surface area contributed by atoms with Crippen molar-refractivity contribution < 1.29 is 22.7 Å². The highest BCUT2D eigenvalue weighted by molar-refractivity contribution is 7.92. The molecule has 8 nitrogen and oxygen atoms in total. The van der Waals surface area contributed by atoms with Gasteiger partial charge in [-0.3, -0.25) is 9.10 Å². The molecule has 0 aromatic heterocycles. The maximum Gasteiger partial charge on any atom is 0.264 e. The lowest BCUT2D eigenvalue weighted by molar-refractivity contribution is -0.131. The first kappa shape index (κ1) is 22.9. The van der Waals surface area contributed by atoms with E-state index in [-0.39, 0.29) is 23.0 Å². The van der Waals surface area contributed by atoms with Crippen LogP contribution in [0.3, 0.4) is 0 Å². The SMILES string of the molecule is COc1ccc(N(CC(=O)N2CCN(C)CC2)S(=O)(=O)c2ccc(C)cc2)c(OC)c1. The van der Waals surface area contributed by atoms with E-state index in [2.05, 4.69) is 4.90 Å². The molecule has 0 aliphatic carbocycles. The highest BCUT2D eigenvalue weighted by Crippen LogP contribution is 2.35. The molecule has 1 heterocycles. The average molecular weight is 448 g/mol. The maximum absolute atomic E-state index is 13.6. The molecule has 0 N–H and O–H groups in total. The van der Waals surface area contributed by atoms with Gasteiger partial charge in [-0.05, 0) is 38.2 Å². The standard InChI is InChI=1S/C22H29N3O5S/c1-17-5-8-19(9-6-17)31(27,28)25(16-22(26)24-13-11-23(2)12-14-24)20-10-7-18(29-3)15-21(20)30-4/h5-10,15H,11-14,16H2,1-4H3. The number of rotatable bonds is 7. The van der Waals surface area contributed by atoms with Crippen LogP contribution in [0, 0.1) is 6.92 Å². The minimum absolute atomic E-state index is 0.113.